The van der Waals surface area contributed by atoms with Crippen LogP contribution in [0.4, 0.5) is 0 Å². The van der Waals surface area contributed by atoms with Crippen molar-refractivity contribution >= 4 is 11.8 Å². The van der Waals surface area contributed by atoms with Crippen LogP contribution in [0.5, 0.6) is 0 Å². The predicted molar refractivity (Wildman–Crippen MR) is 69.6 cm³/mol. The fraction of sp³-hybridized carbons (Fsp3) is 0.385. The van der Waals surface area contributed by atoms with Crippen LogP contribution in [0.15, 0.2) is 24.3 Å². The quantitative estimate of drug-likeness (QED) is 0.418. The zero-order valence-corrected chi connectivity index (χ0v) is 10.9. The molecule has 0 aromatic heterocycles. The average Bonchev–Trinajstić information content (AvgIpc) is 2.35. The second-order valence-electron chi connectivity index (χ2n) is 4.52. The smallest absolute Gasteiger partial charge is 0.256 e. The van der Waals surface area contributed by atoms with Crippen molar-refractivity contribution in [1.82, 2.24) is 10.7 Å². The lowest BCUT2D eigenvalue weighted by molar-refractivity contribution is -0.124. The third kappa shape index (κ3) is 3.30. The van der Waals surface area contributed by atoms with E-state index in [9.17, 15) is 9.59 Å². The summed E-state index contributed by atoms with van der Waals surface area (Å²) in [5.74, 6) is 4.40. The van der Waals surface area contributed by atoms with E-state index in [-0.39, 0.29) is 11.8 Å². The Morgan fingerprint density at radius 2 is 1.83 bits per heavy atom. The van der Waals surface area contributed by atoms with Crippen LogP contribution in [-0.2, 0) is 4.79 Å². The van der Waals surface area contributed by atoms with E-state index in [1.165, 1.54) is 0 Å². The molecule has 0 saturated carbocycles. The number of amides is 2. The first-order valence-electron chi connectivity index (χ1n) is 5.84. The molecule has 0 fully saturated rings. The van der Waals surface area contributed by atoms with E-state index in [0.29, 0.717) is 5.56 Å². The summed E-state index contributed by atoms with van der Waals surface area (Å²) in [4.78, 5) is 23.6. The van der Waals surface area contributed by atoms with Crippen molar-refractivity contribution in [1.29, 1.82) is 0 Å². The Kier molecular flexibility index (Phi) is 4.85. The molecule has 0 aliphatic rings. The summed E-state index contributed by atoms with van der Waals surface area (Å²) in [5, 5.41) is 2.69. The SMILES string of the molecule is Cc1ccccc1C(=O)N[C@H](C(=O)NN)C(C)C. The maximum atomic E-state index is 12.1. The van der Waals surface area contributed by atoms with Crippen LogP contribution < -0.4 is 16.6 Å². The molecule has 1 atom stereocenters. The molecular formula is C13H19N3O2. The Bertz CT molecular complexity index is 444. The highest BCUT2D eigenvalue weighted by Crippen LogP contribution is 2.09. The van der Waals surface area contributed by atoms with E-state index in [0.717, 1.165) is 5.56 Å². The zero-order valence-electron chi connectivity index (χ0n) is 10.9. The van der Waals surface area contributed by atoms with E-state index < -0.39 is 11.9 Å². The molecule has 5 heteroatoms. The summed E-state index contributed by atoms with van der Waals surface area (Å²) in [7, 11) is 0. The Morgan fingerprint density at radius 3 is 2.33 bits per heavy atom. The zero-order chi connectivity index (χ0) is 13.7. The van der Waals surface area contributed by atoms with Gasteiger partial charge in [-0.25, -0.2) is 5.84 Å². The number of hydrogen-bond donors (Lipinski definition) is 3. The lowest BCUT2D eigenvalue weighted by Crippen LogP contribution is -2.51. The normalized spacial score (nSPS) is 12.1. The molecular weight excluding hydrogens is 230 g/mol. The summed E-state index contributed by atoms with van der Waals surface area (Å²) in [6.07, 6.45) is 0. The van der Waals surface area contributed by atoms with Gasteiger partial charge in [-0.3, -0.25) is 15.0 Å². The fourth-order valence-corrected chi connectivity index (χ4v) is 1.67. The Labute approximate surface area is 107 Å². The third-order valence-electron chi connectivity index (χ3n) is 2.77. The number of nitrogens with two attached hydrogens (primary N) is 1. The third-order valence-corrected chi connectivity index (χ3v) is 2.77. The van der Waals surface area contributed by atoms with Crippen molar-refractivity contribution in [3.63, 3.8) is 0 Å². The molecule has 1 aromatic carbocycles. The van der Waals surface area contributed by atoms with Gasteiger partial charge in [-0.1, -0.05) is 32.0 Å². The molecule has 0 saturated heterocycles. The maximum absolute atomic E-state index is 12.1. The summed E-state index contributed by atoms with van der Waals surface area (Å²) in [6.45, 7) is 5.54. The van der Waals surface area contributed by atoms with Crippen LogP contribution in [-0.4, -0.2) is 17.9 Å². The molecule has 98 valence electrons. The topological polar surface area (TPSA) is 84.2 Å². The van der Waals surface area contributed by atoms with E-state index in [1.54, 1.807) is 12.1 Å². The van der Waals surface area contributed by atoms with Crippen molar-refractivity contribution < 1.29 is 9.59 Å². The lowest BCUT2D eigenvalue weighted by Gasteiger charge is -2.20. The van der Waals surface area contributed by atoms with Gasteiger partial charge in [0.05, 0.1) is 0 Å². The number of carbonyl (C=O) groups is 2. The summed E-state index contributed by atoms with van der Waals surface area (Å²) >= 11 is 0. The van der Waals surface area contributed by atoms with Crippen LogP contribution >= 0.6 is 0 Å². The van der Waals surface area contributed by atoms with E-state index in [2.05, 4.69) is 10.7 Å². The van der Waals surface area contributed by atoms with Crippen molar-refractivity contribution in [2.75, 3.05) is 0 Å². The minimum absolute atomic E-state index is 0.0403. The highest BCUT2D eigenvalue weighted by molar-refractivity contribution is 5.98. The molecule has 0 radical (unpaired) electrons. The van der Waals surface area contributed by atoms with Gasteiger partial charge in [0, 0.05) is 5.56 Å². The Morgan fingerprint density at radius 1 is 1.22 bits per heavy atom. The minimum Gasteiger partial charge on any atom is -0.340 e. The van der Waals surface area contributed by atoms with Gasteiger partial charge in [-0.2, -0.15) is 0 Å². The monoisotopic (exact) mass is 249 g/mol. The molecule has 0 heterocycles. The fourth-order valence-electron chi connectivity index (χ4n) is 1.67. The van der Waals surface area contributed by atoms with Gasteiger partial charge < -0.3 is 5.32 Å². The molecule has 0 unspecified atom stereocenters. The Hall–Kier alpha value is -1.88. The standard InChI is InChI=1S/C13H19N3O2/c1-8(2)11(13(18)16-14)15-12(17)10-7-5-4-6-9(10)3/h4-8,11H,14H2,1-3H3,(H,15,17)(H,16,18)/t11-/m0/s1. The van der Waals surface area contributed by atoms with Crippen LogP contribution in [0.3, 0.4) is 0 Å². The van der Waals surface area contributed by atoms with Crippen LogP contribution in [0.2, 0.25) is 0 Å². The predicted octanol–water partition coefficient (Wildman–Crippen LogP) is 0.739. The van der Waals surface area contributed by atoms with Crippen molar-refractivity contribution in [2.24, 2.45) is 11.8 Å². The van der Waals surface area contributed by atoms with Gasteiger partial charge in [0.2, 0.25) is 0 Å². The summed E-state index contributed by atoms with van der Waals surface area (Å²) in [6, 6.07) is 6.58. The van der Waals surface area contributed by atoms with E-state index in [4.69, 9.17) is 5.84 Å². The van der Waals surface area contributed by atoms with Crippen LogP contribution in [0.1, 0.15) is 29.8 Å². The van der Waals surface area contributed by atoms with Crippen LogP contribution in [0.25, 0.3) is 0 Å². The van der Waals surface area contributed by atoms with E-state index in [1.807, 2.05) is 32.9 Å². The van der Waals surface area contributed by atoms with Crippen molar-refractivity contribution in [2.45, 2.75) is 26.8 Å². The Balaban J connectivity index is 2.86. The lowest BCUT2D eigenvalue weighted by atomic mass is 10.0. The number of rotatable bonds is 4. The molecule has 0 aliphatic carbocycles. The van der Waals surface area contributed by atoms with Crippen molar-refractivity contribution in [3.8, 4) is 0 Å². The number of carbonyl (C=O) groups excluding carboxylic acids is 2. The van der Waals surface area contributed by atoms with Gasteiger partial charge in [-0.15, -0.1) is 0 Å². The first-order valence-corrected chi connectivity index (χ1v) is 5.84. The molecule has 4 N–H and O–H groups in total. The molecule has 0 aliphatic heterocycles. The van der Waals surface area contributed by atoms with Crippen LogP contribution in [0, 0.1) is 12.8 Å². The molecule has 0 spiro atoms. The number of hydrogen-bond acceptors (Lipinski definition) is 3. The van der Waals surface area contributed by atoms with Gasteiger partial charge in [0.15, 0.2) is 0 Å². The highest BCUT2D eigenvalue weighted by atomic mass is 16.2. The largest absolute Gasteiger partial charge is 0.340 e. The van der Waals surface area contributed by atoms with Gasteiger partial charge in [-0.05, 0) is 24.5 Å². The number of hydrazine groups is 1. The average molecular weight is 249 g/mol. The van der Waals surface area contributed by atoms with E-state index >= 15 is 0 Å². The molecule has 1 aromatic rings. The summed E-state index contributed by atoms with van der Waals surface area (Å²) < 4.78 is 0. The maximum Gasteiger partial charge on any atom is 0.256 e. The molecule has 0 bridgehead atoms. The first kappa shape index (κ1) is 14.2. The first-order chi connectivity index (χ1) is 8.47. The number of nitrogens with one attached hydrogen (secondary N) is 2. The second-order valence-corrected chi connectivity index (χ2v) is 4.52. The molecule has 5 nitrogen and oxygen atoms in total. The highest BCUT2D eigenvalue weighted by Gasteiger charge is 2.24. The number of aryl methyl sites for hydroxylation is 1. The second kappa shape index (κ2) is 6.16. The summed E-state index contributed by atoms with van der Waals surface area (Å²) in [5.41, 5.74) is 3.49. The van der Waals surface area contributed by atoms with Gasteiger partial charge in [0.25, 0.3) is 11.8 Å². The molecule has 18 heavy (non-hydrogen) atoms. The van der Waals surface area contributed by atoms with Gasteiger partial charge >= 0.3 is 0 Å². The van der Waals surface area contributed by atoms with Crippen molar-refractivity contribution in [3.05, 3.63) is 35.4 Å². The van der Waals surface area contributed by atoms with Gasteiger partial charge in [0.1, 0.15) is 6.04 Å². The molecule has 2 amide bonds. The number of benzene rings is 1. The molecule has 1 rings (SSSR count). The minimum atomic E-state index is -0.637.